The number of hydrogen-bond donors (Lipinski definition) is 1. The van der Waals surface area contributed by atoms with Crippen molar-refractivity contribution >= 4 is 23.4 Å². The lowest BCUT2D eigenvalue weighted by Gasteiger charge is -2.33. The lowest BCUT2D eigenvalue weighted by Crippen LogP contribution is -2.38. The van der Waals surface area contributed by atoms with E-state index >= 15 is 0 Å². The zero-order valence-corrected chi connectivity index (χ0v) is 17.8. The highest BCUT2D eigenvalue weighted by atomic mass is 35.5. The van der Waals surface area contributed by atoms with Crippen molar-refractivity contribution in [1.82, 2.24) is 19.9 Å². The molecule has 3 aromatic rings. The first-order valence-electron chi connectivity index (χ1n) is 9.67. The average molecular weight is 412 g/mol. The molecule has 2 aromatic heterocycles. The van der Waals surface area contributed by atoms with Crippen LogP contribution in [-0.2, 0) is 7.05 Å². The molecule has 0 bridgehead atoms. The maximum Gasteiger partial charge on any atom is 0.234 e. The lowest BCUT2D eigenvalue weighted by molar-refractivity contribution is 0.123. The van der Waals surface area contributed by atoms with Crippen molar-refractivity contribution in [3.63, 3.8) is 0 Å². The molecule has 3 heterocycles. The Morgan fingerprint density at radius 3 is 2.69 bits per heavy atom. The van der Waals surface area contributed by atoms with Gasteiger partial charge in [0.25, 0.3) is 0 Å². The van der Waals surface area contributed by atoms with Crippen LogP contribution in [0.4, 0.5) is 0 Å². The van der Waals surface area contributed by atoms with Crippen molar-refractivity contribution in [2.75, 3.05) is 19.7 Å². The van der Waals surface area contributed by atoms with Crippen LogP contribution in [0.3, 0.4) is 0 Å². The normalized spacial score (nSPS) is 15.5. The quantitative estimate of drug-likeness (QED) is 0.702. The van der Waals surface area contributed by atoms with Crippen molar-refractivity contribution in [3.8, 4) is 23.1 Å². The minimum Gasteiger partial charge on any atom is -0.493 e. The Morgan fingerprint density at radius 2 is 2.00 bits per heavy atom. The zero-order chi connectivity index (χ0) is 19.7. The lowest BCUT2D eigenvalue weighted by atomic mass is 9.82. The maximum absolute atomic E-state index is 9.30. The smallest absolute Gasteiger partial charge is 0.234 e. The molecule has 0 saturated carbocycles. The van der Waals surface area contributed by atoms with Crippen LogP contribution < -0.4 is 10.1 Å². The summed E-state index contributed by atoms with van der Waals surface area (Å²) in [5, 5.41) is 13.7. The second-order valence-electron chi connectivity index (χ2n) is 8.00. The summed E-state index contributed by atoms with van der Waals surface area (Å²) in [6.07, 6.45) is 4.20. The van der Waals surface area contributed by atoms with E-state index in [1.165, 1.54) is 0 Å². The molecule has 7 heteroatoms. The Labute approximate surface area is 177 Å². The van der Waals surface area contributed by atoms with E-state index in [2.05, 4.69) is 41.3 Å². The third kappa shape index (κ3) is 4.21. The van der Waals surface area contributed by atoms with E-state index < -0.39 is 0 Å². The van der Waals surface area contributed by atoms with Crippen molar-refractivity contribution < 1.29 is 4.74 Å². The van der Waals surface area contributed by atoms with Gasteiger partial charge in [0, 0.05) is 29.6 Å². The van der Waals surface area contributed by atoms with E-state index in [4.69, 9.17) is 4.74 Å². The highest BCUT2D eigenvalue weighted by Crippen LogP contribution is 2.33. The molecule has 6 nitrogen and oxygen atoms in total. The van der Waals surface area contributed by atoms with E-state index in [1.807, 2.05) is 36.0 Å². The summed E-state index contributed by atoms with van der Waals surface area (Å²) in [5.41, 5.74) is 3.80. The van der Waals surface area contributed by atoms with Crippen LogP contribution in [0.2, 0.25) is 0 Å². The predicted octanol–water partition coefficient (Wildman–Crippen LogP) is 4.01. The van der Waals surface area contributed by atoms with E-state index in [1.54, 1.807) is 0 Å². The summed E-state index contributed by atoms with van der Waals surface area (Å²) in [6.45, 7) is 7.19. The monoisotopic (exact) mass is 411 g/mol. The Bertz CT molecular complexity index is 1060. The number of halogens is 1. The molecule has 0 radical (unpaired) electrons. The number of rotatable bonds is 4. The number of aryl methyl sites for hydroxylation is 2. The Kier molecular flexibility index (Phi) is 6.11. The minimum atomic E-state index is 0. The first kappa shape index (κ1) is 21.1. The fourth-order valence-corrected chi connectivity index (χ4v) is 3.79. The van der Waals surface area contributed by atoms with E-state index in [0.717, 1.165) is 66.1 Å². The third-order valence-corrected chi connectivity index (χ3v) is 5.66. The van der Waals surface area contributed by atoms with E-state index in [-0.39, 0.29) is 23.6 Å². The van der Waals surface area contributed by atoms with Crippen LogP contribution in [-0.4, -0.2) is 34.2 Å². The van der Waals surface area contributed by atoms with Gasteiger partial charge in [-0.05, 0) is 62.7 Å². The molecule has 0 spiro atoms. The Balaban J connectivity index is 0.00000240. The summed E-state index contributed by atoms with van der Waals surface area (Å²) in [6, 6.07) is 10.2. The largest absolute Gasteiger partial charge is 0.493 e. The number of hydrogen-bond acceptors (Lipinski definition) is 5. The van der Waals surface area contributed by atoms with Gasteiger partial charge in [-0.2, -0.15) is 5.26 Å². The first-order valence-corrected chi connectivity index (χ1v) is 9.67. The molecule has 1 aromatic carbocycles. The van der Waals surface area contributed by atoms with Crippen molar-refractivity contribution in [2.24, 2.45) is 12.5 Å². The zero-order valence-electron chi connectivity index (χ0n) is 17.0. The molecule has 1 fully saturated rings. The van der Waals surface area contributed by atoms with Gasteiger partial charge in [-0.1, -0.05) is 6.92 Å². The molecule has 1 saturated heterocycles. The number of nitrogens with one attached hydrogen (secondary N) is 1. The van der Waals surface area contributed by atoms with Gasteiger partial charge in [0.2, 0.25) is 5.82 Å². The molecule has 0 atom stereocenters. The van der Waals surface area contributed by atoms with Crippen molar-refractivity contribution in [1.29, 1.82) is 5.26 Å². The van der Waals surface area contributed by atoms with Crippen LogP contribution in [0, 0.1) is 23.7 Å². The predicted molar refractivity (Wildman–Crippen MR) is 116 cm³/mol. The number of ether oxygens (including phenoxy) is 1. The van der Waals surface area contributed by atoms with Gasteiger partial charge in [0.05, 0.1) is 12.3 Å². The second kappa shape index (κ2) is 8.40. The summed E-state index contributed by atoms with van der Waals surface area (Å²) in [5.74, 6) is 1.09. The highest BCUT2D eigenvalue weighted by molar-refractivity contribution is 5.91. The molecule has 0 amide bonds. The summed E-state index contributed by atoms with van der Waals surface area (Å²) in [4.78, 5) is 8.80. The number of benzene rings is 1. The SMILES string of the molecule is Cc1cc(-c2nc(C#N)nc3c2ccn3C)ccc1OCC1(C)CCNCC1.Cl. The molecule has 1 N–H and O–H groups in total. The molecule has 152 valence electrons. The summed E-state index contributed by atoms with van der Waals surface area (Å²) in [7, 11) is 1.92. The summed E-state index contributed by atoms with van der Waals surface area (Å²) >= 11 is 0. The van der Waals surface area contributed by atoms with Crippen LogP contribution in [0.5, 0.6) is 5.75 Å². The Morgan fingerprint density at radius 1 is 1.24 bits per heavy atom. The average Bonchev–Trinajstić information content (AvgIpc) is 3.08. The van der Waals surface area contributed by atoms with Crippen molar-refractivity contribution in [2.45, 2.75) is 26.7 Å². The van der Waals surface area contributed by atoms with Gasteiger partial charge >= 0.3 is 0 Å². The van der Waals surface area contributed by atoms with Gasteiger partial charge in [0.1, 0.15) is 17.5 Å². The number of nitriles is 1. The molecule has 1 aliphatic heterocycles. The number of piperidine rings is 1. The molecule has 4 rings (SSSR count). The summed E-state index contributed by atoms with van der Waals surface area (Å²) < 4.78 is 8.10. The van der Waals surface area contributed by atoms with Gasteiger partial charge in [-0.25, -0.2) is 9.97 Å². The van der Waals surface area contributed by atoms with Crippen LogP contribution in [0.15, 0.2) is 30.5 Å². The standard InChI is InChI=1S/C22H25N5O.ClH/c1-15-12-16(4-5-18(15)28-14-22(2)7-9-24-10-8-22)20-17-6-11-27(3)21(17)26-19(13-23)25-20;/h4-6,11-12,24H,7-10,14H2,1-3H3;1H. The van der Waals surface area contributed by atoms with Crippen LogP contribution >= 0.6 is 12.4 Å². The van der Waals surface area contributed by atoms with Crippen LogP contribution in [0.25, 0.3) is 22.3 Å². The number of aromatic nitrogens is 3. The number of nitrogens with zero attached hydrogens (tertiary/aromatic N) is 4. The van der Waals surface area contributed by atoms with Gasteiger partial charge in [-0.3, -0.25) is 0 Å². The molecule has 0 unspecified atom stereocenters. The van der Waals surface area contributed by atoms with E-state index in [9.17, 15) is 5.26 Å². The van der Waals surface area contributed by atoms with Gasteiger partial charge in [-0.15, -0.1) is 12.4 Å². The highest BCUT2D eigenvalue weighted by Gasteiger charge is 2.27. The van der Waals surface area contributed by atoms with E-state index in [0.29, 0.717) is 0 Å². The molecular weight excluding hydrogens is 386 g/mol. The van der Waals surface area contributed by atoms with Gasteiger partial charge in [0.15, 0.2) is 0 Å². The van der Waals surface area contributed by atoms with Gasteiger partial charge < -0.3 is 14.6 Å². The Hall–Kier alpha value is -2.62. The maximum atomic E-state index is 9.30. The van der Waals surface area contributed by atoms with Crippen LogP contribution in [0.1, 0.15) is 31.2 Å². The molecule has 1 aliphatic rings. The fraction of sp³-hybridized carbons (Fsp3) is 0.409. The second-order valence-corrected chi connectivity index (χ2v) is 8.00. The fourth-order valence-electron chi connectivity index (χ4n) is 3.79. The number of fused-ring (bicyclic) bond motifs is 1. The topological polar surface area (TPSA) is 75.8 Å². The first-order chi connectivity index (χ1) is 13.5. The third-order valence-electron chi connectivity index (χ3n) is 5.66. The van der Waals surface area contributed by atoms with Crippen molar-refractivity contribution in [3.05, 3.63) is 41.9 Å². The molecule has 29 heavy (non-hydrogen) atoms. The molecule has 0 aliphatic carbocycles. The molecular formula is C22H26ClN5O. The minimum absolute atomic E-state index is 0.